The standard InChI is InChI=1S/C14H20N4/c1-4-11-8-12(18(3)17-11)9-13(15)14-10(2)6-5-7-16-14/h5-8,13H,4,9,15H2,1-3H3. The third kappa shape index (κ3) is 2.59. The zero-order valence-electron chi connectivity index (χ0n) is 11.2. The van der Waals surface area contributed by atoms with Gasteiger partial charge >= 0.3 is 0 Å². The Kier molecular flexibility index (Phi) is 3.77. The Morgan fingerprint density at radius 3 is 2.83 bits per heavy atom. The first-order valence-corrected chi connectivity index (χ1v) is 6.30. The second-order valence-electron chi connectivity index (χ2n) is 4.62. The highest BCUT2D eigenvalue weighted by atomic mass is 15.3. The molecule has 96 valence electrons. The van der Waals surface area contributed by atoms with Gasteiger partial charge in [-0.1, -0.05) is 13.0 Å². The zero-order valence-corrected chi connectivity index (χ0v) is 11.2. The van der Waals surface area contributed by atoms with Crippen LogP contribution < -0.4 is 5.73 Å². The van der Waals surface area contributed by atoms with Crippen LogP contribution in [0, 0.1) is 6.92 Å². The Morgan fingerprint density at radius 1 is 1.44 bits per heavy atom. The molecule has 2 N–H and O–H groups in total. The van der Waals surface area contributed by atoms with Gasteiger partial charge in [-0.05, 0) is 31.0 Å². The molecule has 0 aliphatic rings. The molecule has 0 saturated carbocycles. The van der Waals surface area contributed by atoms with Crippen LogP contribution in [0.4, 0.5) is 0 Å². The van der Waals surface area contributed by atoms with Crippen LogP contribution in [-0.4, -0.2) is 14.8 Å². The van der Waals surface area contributed by atoms with Crippen molar-refractivity contribution in [1.29, 1.82) is 0 Å². The normalized spacial score (nSPS) is 12.7. The van der Waals surface area contributed by atoms with Crippen LogP contribution in [-0.2, 0) is 19.9 Å². The van der Waals surface area contributed by atoms with Crippen molar-refractivity contribution < 1.29 is 0 Å². The predicted octanol–water partition coefficient (Wildman–Crippen LogP) is 1.93. The van der Waals surface area contributed by atoms with Gasteiger partial charge in [-0.3, -0.25) is 9.67 Å². The molecule has 1 atom stereocenters. The summed E-state index contributed by atoms with van der Waals surface area (Å²) in [6, 6.07) is 6.03. The van der Waals surface area contributed by atoms with E-state index < -0.39 is 0 Å². The molecular weight excluding hydrogens is 224 g/mol. The van der Waals surface area contributed by atoms with Crippen LogP contribution in [0.15, 0.2) is 24.4 Å². The summed E-state index contributed by atoms with van der Waals surface area (Å²) in [5, 5.41) is 4.44. The van der Waals surface area contributed by atoms with Crippen molar-refractivity contribution in [2.24, 2.45) is 12.8 Å². The Bertz CT molecular complexity index is 530. The van der Waals surface area contributed by atoms with Crippen LogP contribution in [0.25, 0.3) is 0 Å². The summed E-state index contributed by atoms with van der Waals surface area (Å²) in [4.78, 5) is 4.38. The molecule has 0 saturated heterocycles. The monoisotopic (exact) mass is 244 g/mol. The van der Waals surface area contributed by atoms with E-state index in [2.05, 4.69) is 23.1 Å². The molecule has 0 bridgehead atoms. The van der Waals surface area contributed by atoms with E-state index in [0.717, 1.165) is 35.5 Å². The SMILES string of the molecule is CCc1cc(CC(N)c2ncccc2C)n(C)n1. The fourth-order valence-electron chi connectivity index (χ4n) is 2.14. The van der Waals surface area contributed by atoms with Crippen LogP contribution in [0.2, 0.25) is 0 Å². The van der Waals surface area contributed by atoms with E-state index in [1.807, 2.05) is 30.8 Å². The highest BCUT2D eigenvalue weighted by Crippen LogP contribution is 2.17. The zero-order chi connectivity index (χ0) is 13.1. The lowest BCUT2D eigenvalue weighted by molar-refractivity contribution is 0.624. The Balaban J connectivity index is 2.18. The lowest BCUT2D eigenvalue weighted by Crippen LogP contribution is -2.17. The van der Waals surface area contributed by atoms with Crippen LogP contribution in [0.5, 0.6) is 0 Å². The molecule has 18 heavy (non-hydrogen) atoms. The molecule has 0 aromatic carbocycles. The van der Waals surface area contributed by atoms with E-state index in [0.29, 0.717) is 0 Å². The van der Waals surface area contributed by atoms with E-state index in [-0.39, 0.29) is 6.04 Å². The molecule has 4 nitrogen and oxygen atoms in total. The maximum Gasteiger partial charge on any atom is 0.0624 e. The molecule has 0 aliphatic heterocycles. The average Bonchev–Trinajstić information content (AvgIpc) is 2.70. The lowest BCUT2D eigenvalue weighted by Gasteiger charge is -2.13. The average molecular weight is 244 g/mol. The molecule has 4 heteroatoms. The fraction of sp³-hybridized carbons (Fsp3) is 0.429. The molecule has 2 aromatic heterocycles. The molecule has 1 unspecified atom stereocenters. The van der Waals surface area contributed by atoms with Crippen molar-refractivity contribution in [2.75, 3.05) is 0 Å². The quantitative estimate of drug-likeness (QED) is 0.894. The minimum absolute atomic E-state index is 0.0775. The molecule has 0 fully saturated rings. The van der Waals surface area contributed by atoms with Gasteiger partial charge in [0.05, 0.1) is 17.4 Å². The van der Waals surface area contributed by atoms with Crippen molar-refractivity contribution in [3.63, 3.8) is 0 Å². The van der Waals surface area contributed by atoms with Gasteiger partial charge in [-0.2, -0.15) is 5.10 Å². The molecular formula is C14H20N4. The summed E-state index contributed by atoms with van der Waals surface area (Å²) < 4.78 is 1.91. The van der Waals surface area contributed by atoms with E-state index in [1.54, 1.807) is 6.20 Å². The second kappa shape index (κ2) is 5.31. The minimum Gasteiger partial charge on any atom is -0.322 e. The molecule has 2 rings (SSSR count). The van der Waals surface area contributed by atoms with Gasteiger partial charge < -0.3 is 5.73 Å². The van der Waals surface area contributed by atoms with E-state index in [1.165, 1.54) is 0 Å². The number of aromatic nitrogens is 3. The number of nitrogens with two attached hydrogens (primary N) is 1. The van der Waals surface area contributed by atoms with Crippen LogP contribution in [0.1, 0.15) is 35.6 Å². The van der Waals surface area contributed by atoms with Gasteiger partial charge in [-0.25, -0.2) is 0 Å². The van der Waals surface area contributed by atoms with Gasteiger partial charge in [0.2, 0.25) is 0 Å². The molecule has 0 aliphatic carbocycles. The highest BCUT2D eigenvalue weighted by molar-refractivity contribution is 5.23. The summed E-state index contributed by atoms with van der Waals surface area (Å²) >= 11 is 0. The van der Waals surface area contributed by atoms with E-state index in [9.17, 15) is 0 Å². The number of hydrogen-bond acceptors (Lipinski definition) is 3. The molecule has 0 radical (unpaired) electrons. The minimum atomic E-state index is -0.0775. The van der Waals surface area contributed by atoms with Gasteiger partial charge in [0.25, 0.3) is 0 Å². The molecule has 2 heterocycles. The largest absolute Gasteiger partial charge is 0.322 e. The summed E-state index contributed by atoms with van der Waals surface area (Å²) in [6.45, 7) is 4.15. The van der Waals surface area contributed by atoms with Gasteiger partial charge in [0.15, 0.2) is 0 Å². The summed E-state index contributed by atoms with van der Waals surface area (Å²) in [5.74, 6) is 0. The summed E-state index contributed by atoms with van der Waals surface area (Å²) in [5.41, 5.74) is 10.6. The second-order valence-corrected chi connectivity index (χ2v) is 4.62. The number of nitrogens with zero attached hydrogens (tertiary/aromatic N) is 3. The molecule has 0 spiro atoms. The first-order valence-electron chi connectivity index (χ1n) is 6.30. The van der Waals surface area contributed by atoms with E-state index in [4.69, 9.17) is 5.73 Å². The van der Waals surface area contributed by atoms with Gasteiger partial charge in [0.1, 0.15) is 0 Å². The first-order chi connectivity index (χ1) is 8.61. The van der Waals surface area contributed by atoms with Crippen molar-refractivity contribution in [3.05, 3.63) is 47.0 Å². The third-order valence-electron chi connectivity index (χ3n) is 3.22. The maximum atomic E-state index is 6.24. The van der Waals surface area contributed by atoms with Crippen LogP contribution >= 0.6 is 0 Å². The third-order valence-corrected chi connectivity index (χ3v) is 3.22. The number of hydrogen-bond donors (Lipinski definition) is 1. The van der Waals surface area contributed by atoms with Gasteiger partial charge in [0, 0.05) is 25.4 Å². The Labute approximate surface area is 108 Å². The van der Waals surface area contributed by atoms with Gasteiger partial charge in [-0.15, -0.1) is 0 Å². The molecule has 2 aromatic rings. The summed E-state index contributed by atoms with van der Waals surface area (Å²) in [7, 11) is 1.96. The smallest absolute Gasteiger partial charge is 0.0624 e. The van der Waals surface area contributed by atoms with Crippen molar-refractivity contribution in [3.8, 4) is 0 Å². The fourth-order valence-corrected chi connectivity index (χ4v) is 2.14. The summed E-state index contributed by atoms with van der Waals surface area (Å²) in [6.07, 6.45) is 3.51. The van der Waals surface area contributed by atoms with Crippen molar-refractivity contribution in [1.82, 2.24) is 14.8 Å². The molecule has 0 amide bonds. The number of aryl methyl sites for hydroxylation is 3. The highest BCUT2D eigenvalue weighted by Gasteiger charge is 2.13. The Morgan fingerprint density at radius 2 is 2.22 bits per heavy atom. The number of rotatable bonds is 4. The van der Waals surface area contributed by atoms with Crippen LogP contribution in [0.3, 0.4) is 0 Å². The van der Waals surface area contributed by atoms with E-state index >= 15 is 0 Å². The topological polar surface area (TPSA) is 56.7 Å². The first kappa shape index (κ1) is 12.8. The number of pyridine rings is 1. The lowest BCUT2D eigenvalue weighted by atomic mass is 10.0. The van der Waals surface area contributed by atoms with Crippen molar-refractivity contribution in [2.45, 2.75) is 32.7 Å². The Hall–Kier alpha value is -1.68. The predicted molar refractivity (Wildman–Crippen MR) is 72.2 cm³/mol. The van der Waals surface area contributed by atoms with Crippen molar-refractivity contribution >= 4 is 0 Å². The maximum absolute atomic E-state index is 6.24.